The fraction of sp³-hybridized carbons (Fsp3) is 0.636. The summed E-state index contributed by atoms with van der Waals surface area (Å²) in [6.45, 7) is 4.63. The van der Waals surface area contributed by atoms with Crippen LogP contribution < -0.4 is 5.32 Å². The lowest BCUT2D eigenvalue weighted by atomic mass is 10.3. The molecule has 0 radical (unpaired) electrons. The van der Waals surface area contributed by atoms with E-state index < -0.39 is 5.79 Å². The highest BCUT2D eigenvalue weighted by atomic mass is 16.7. The Morgan fingerprint density at radius 2 is 2.47 bits per heavy atom. The second-order valence-corrected chi connectivity index (χ2v) is 4.54. The average molecular weight is 239 g/mol. The lowest BCUT2D eigenvalue weighted by Gasteiger charge is -2.17. The van der Waals surface area contributed by atoms with Gasteiger partial charge in [0.15, 0.2) is 5.79 Å². The normalized spacial score (nSPS) is 22.6. The minimum absolute atomic E-state index is 0.0994. The van der Waals surface area contributed by atoms with Gasteiger partial charge in [-0.15, -0.1) is 0 Å². The van der Waals surface area contributed by atoms with E-state index in [2.05, 4.69) is 10.4 Å². The van der Waals surface area contributed by atoms with Gasteiger partial charge in [-0.05, 0) is 19.9 Å². The Bertz CT molecular complexity index is 414. The second-order valence-electron chi connectivity index (χ2n) is 4.54. The molecule has 1 atom stereocenters. The summed E-state index contributed by atoms with van der Waals surface area (Å²) < 4.78 is 12.6. The topological polar surface area (TPSA) is 65.4 Å². The Kier molecular flexibility index (Phi) is 3.17. The molecule has 6 heteroatoms. The van der Waals surface area contributed by atoms with Crippen molar-refractivity contribution in [1.29, 1.82) is 0 Å². The van der Waals surface area contributed by atoms with Gasteiger partial charge in [-0.1, -0.05) is 0 Å². The highest BCUT2D eigenvalue weighted by Crippen LogP contribution is 2.21. The Hall–Kier alpha value is -1.40. The van der Waals surface area contributed by atoms with Crippen molar-refractivity contribution in [2.24, 2.45) is 7.05 Å². The standard InChI is InChI=1S/C11H17N3O3/c1-11(2)16-7-8(17-11)6-12-10(15)9-4-5-14(3)13-9/h4-5,8H,6-7H2,1-3H3,(H,12,15). The number of hydrogen-bond donors (Lipinski definition) is 1. The highest BCUT2D eigenvalue weighted by molar-refractivity contribution is 5.92. The first-order chi connectivity index (χ1) is 7.96. The van der Waals surface area contributed by atoms with Crippen LogP contribution in [0.2, 0.25) is 0 Å². The van der Waals surface area contributed by atoms with Crippen molar-refractivity contribution >= 4 is 5.91 Å². The molecule has 0 aliphatic carbocycles. The SMILES string of the molecule is Cn1ccc(C(=O)NCC2COC(C)(C)O2)n1. The van der Waals surface area contributed by atoms with Crippen LogP contribution in [0.3, 0.4) is 0 Å². The van der Waals surface area contributed by atoms with Crippen molar-refractivity contribution in [3.8, 4) is 0 Å². The summed E-state index contributed by atoms with van der Waals surface area (Å²) in [5.74, 6) is -0.751. The van der Waals surface area contributed by atoms with Crippen molar-refractivity contribution in [3.63, 3.8) is 0 Å². The monoisotopic (exact) mass is 239 g/mol. The quantitative estimate of drug-likeness (QED) is 0.824. The molecule has 1 aromatic rings. The molecule has 1 aliphatic rings. The van der Waals surface area contributed by atoms with Crippen LogP contribution in [0.15, 0.2) is 12.3 Å². The summed E-state index contributed by atoms with van der Waals surface area (Å²) >= 11 is 0. The number of carbonyl (C=O) groups excluding carboxylic acids is 1. The molecule has 0 spiro atoms. The summed E-state index contributed by atoms with van der Waals surface area (Å²) in [6, 6.07) is 1.67. The van der Waals surface area contributed by atoms with E-state index in [1.165, 1.54) is 0 Å². The maximum absolute atomic E-state index is 11.7. The van der Waals surface area contributed by atoms with Gasteiger partial charge in [0.05, 0.1) is 6.61 Å². The third-order valence-electron chi connectivity index (χ3n) is 2.50. The average Bonchev–Trinajstić information content (AvgIpc) is 2.81. The molecular weight excluding hydrogens is 222 g/mol. The minimum Gasteiger partial charge on any atom is -0.348 e. The van der Waals surface area contributed by atoms with Crippen LogP contribution in [0.1, 0.15) is 24.3 Å². The summed E-state index contributed by atoms with van der Waals surface area (Å²) in [7, 11) is 1.77. The van der Waals surface area contributed by atoms with E-state index in [9.17, 15) is 4.79 Å². The number of nitrogens with one attached hydrogen (secondary N) is 1. The van der Waals surface area contributed by atoms with Crippen molar-refractivity contribution in [2.45, 2.75) is 25.7 Å². The van der Waals surface area contributed by atoms with Gasteiger partial charge in [0.1, 0.15) is 11.8 Å². The number of carbonyl (C=O) groups is 1. The number of hydrogen-bond acceptors (Lipinski definition) is 4. The third kappa shape index (κ3) is 3.04. The molecule has 1 aromatic heterocycles. The van der Waals surface area contributed by atoms with Crippen LogP contribution in [0.4, 0.5) is 0 Å². The van der Waals surface area contributed by atoms with Gasteiger partial charge >= 0.3 is 0 Å². The van der Waals surface area contributed by atoms with Crippen LogP contribution in [-0.4, -0.2) is 40.7 Å². The molecule has 0 saturated carbocycles. The van der Waals surface area contributed by atoms with Gasteiger partial charge in [-0.25, -0.2) is 0 Å². The lowest BCUT2D eigenvalue weighted by Crippen LogP contribution is -2.34. The number of rotatable bonds is 3. The van der Waals surface area contributed by atoms with Crippen molar-refractivity contribution in [1.82, 2.24) is 15.1 Å². The first-order valence-electron chi connectivity index (χ1n) is 5.56. The van der Waals surface area contributed by atoms with Crippen LogP contribution in [0.25, 0.3) is 0 Å². The number of ether oxygens (including phenoxy) is 2. The fourth-order valence-corrected chi connectivity index (χ4v) is 1.70. The molecule has 0 aromatic carbocycles. The molecule has 2 rings (SSSR count). The number of amides is 1. The Morgan fingerprint density at radius 3 is 3.00 bits per heavy atom. The zero-order valence-electron chi connectivity index (χ0n) is 10.3. The summed E-state index contributed by atoms with van der Waals surface area (Å²) in [4.78, 5) is 11.7. The van der Waals surface area contributed by atoms with E-state index in [0.29, 0.717) is 18.8 Å². The first kappa shape index (κ1) is 12.1. The number of aryl methyl sites for hydroxylation is 1. The summed E-state index contributed by atoms with van der Waals surface area (Å²) in [5.41, 5.74) is 0.408. The molecule has 17 heavy (non-hydrogen) atoms. The second kappa shape index (κ2) is 4.46. The van der Waals surface area contributed by atoms with Gasteiger partial charge < -0.3 is 14.8 Å². The predicted molar refractivity (Wildman–Crippen MR) is 60.4 cm³/mol. The number of aromatic nitrogens is 2. The van der Waals surface area contributed by atoms with Crippen molar-refractivity contribution < 1.29 is 14.3 Å². The highest BCUT2D eigenvalue weighted by Gasteiger charge is 2.32. The molecule has 1 fully saturated rings. The Morgan fingerprint density at radius 1 is 1.71 bits per heavy atom. The van der Waals surface area contributed by atoms with E-state index in [-0.39, 0.29) is 12.0 Å². The third-order valence-corrected chi connectivity index (χ3v) is 2.50. The summed E-state index contributed by atoms with van der Waals surface area (Å²) in [6.07, 6.45) is 1.63. The molecule has 1 saturated heterocycles. The molecule has 0 bridgehead atoms. The molecular formula is C11H17N3O3. The predicted octanol–water partition coefficient (Wildman–Crippen LogP) is 0.301. The maximum Gasteiger partial charge on any atom is 0.271 e. The molecule has 2 heterocycles. The van der Waals surface area contributed by atoms with E-state index >= 15 is 0 Å². The smallest absolute Gasteiger partial charge is 0.271 e. The van der Waals surface area contributed by atoms with Gasteiger partial charge in [-0.3, -0.25) is 9.48 Å². The van der Waals surface area contributed by atoms with Crippen molar-refractivity contribution in [2.75, 3.05) is 13.2 Å². The lowest BCUT2D eigenvalue weighted by molar-refractivity contribution is -0.137. The maximum atomic E-state index is 11.7. The van der Waals surface area contributed by atoms with E-state index in [4.69, 9.17) is 9.47 Å². The zero-order chi connectivity index (χ0) is 12.5. The van der Waals surface area contributed by atoms with E-state index in [1.54, 1.807) is 24.0 Å². The summed E-state index contributed by atoms with van der Waals surface area (Å²) in [5, 5.41) is 6.79. The minimum atomic E-state index is -0.555. The molecule has 6 nitrogen and oxygen atoms in total. The van der Waals surface area contributed by atoms with Crippen molar-refractivity contribution in [3.05, 3.63) is 18.0 Å². The first-order valence-corrected chi connectivity index (χ1v) is 5.56. The molecule has 1 N–H and O–H groups in total. The molecule has 94 valence electrons. The van der Waals surface area contributed by atoms with Crippen LogP contribution in [0, 0.1) is 0 Å². The van der Waals surface area contributed by atoms with Gasteiger partial charge in [0.25, 0.3) is 5.91 Å². The number of nitrogens with zero attached hydrogens (tertiary/aromatic N) is 2. The Balaban J connectivity index is 1.81. The van der Waals surface area contributed by atoms with Crippen LogP contribution >= 0.6 is 0 Å². The van der Waals surface area contributed by atoms with E-state index in [1.807, 2.05) is 13.8 Å². The van der Waals surface area contributed by atoms with Gasteiger partial charge in [-0.2, -0.15) is 5.10 Å². The fourth-order valence-electron chi connectivity index (χ4n) is 1.70. The van der Waals surface area contributed by atoms with E-state index in [0.717, 1.165) is 0 Å². The van der Waals surface area contributed by atoms with Crippen LogP contribution in [0.5, 0.6) is 0 Å². The largest absolute Gasteiger partial charge is 0.348 e. The zero-order valence-corrected chi connectivity index (χ0v) is 10.3. The Labute approximate surface area is 99.9 Å². The molecule has 1 unspecified atom stereocenters. The molecule has 1 aliphatic heterocycles. The van der Waals surface area contributed by atoms with Gasteiger partial charge in [0, 0.05) is 19.8 Å². The van der Waals surface area contributed by atoms with Crippen LogP contribution in [-0.2, 0) is 16.5 Å². The molecule has 1 amide bonds. The van der Waals surface area contributed by atoms with Gasteiger partial charge in [0.2, 0.25) is 0 Å².